The van der Waals surface area contributed by atoms with E-state index in [9.17, 15) is 50.6 Å². The number of methoxy groups -OCH3 is 1. The fourth-order valence-electron chi connectivity index (χ4n) is 8.04. The SMILES string of the molecule is COc1cc(O)ccc1C1C2=CCC3C(=O)N(N(C)c4nc(C(F)(F)F)ccc4Cl)C(=O)C3C2CC2(Cl)C(=O)N(c3c(F)c(F)c(F)c(F)c3F)C(=O)C12Cl. The van der Waals surface area contributed by atoms with E-state index in [1.54, 1.807) is 0 Å². The van der Waals surface area contributed by atoms with Gasteiger partial charge in [0.05, 0.1) is 24.0 Å². The zero-order chi connectivity index (χ0) is 40.4. The van der Waals surface area contributed by atoms with E-state index in [4.69, 9.17) is 39.5 Å². The number of fused-ring (bicyclic) bond motifs is 4. The van der Waals surface area contributed by atoms with Gasteiger partial charge in [-0.25, -0.2) is 31.8 Å². The number of amides is 4. The Labute approximate surface area is 318 Å². The molecule has 2 aromatic carbocycles. The van der Waals surface area contributed by atoms with E-state index in [1.807, 2.05) is 0 Å². The maximum Gasteiger partial charge on any atom is 0.433 e. The second-order valence-electron chi connectivity index (χ2n) is 13.1. The van der Waals surface area contributed by atoms with Crippen molar-refractivity contribution in [3.8, 4) is 11.5 Å². The van der Waals surface area contributed by atoms with Crippen molar-refractivity contribution >= 4 is 69.9 Å². The number of carbonyl (C=O) groups is 4. The summed E-state index contributed by atoms with van der Waals surface area (Å²) < 4.78 is 120. The third-order valence-electron chi connectivity index (χ3n) is 10.5. The van der Waals surface area contributed by atoms with Crippen molar-refractivity contribution in [2.75, 3.05) is 24.1 Å². The Morgan fingerprint density at radius 3 is 2.13 bits per heavy atom. The van der Waals surface area contributed by atoms with Gasteiger partial charge in [-0.2, -0.15) is 18.2 Å². The Balaban J connectivity index is 1.40. The lowest BCUT2D eigenvalue weighted by molar-refractivity contribution is -0.141. The summed E-state index contributed by atoms with van der Waals surface area (Å²) in [6.45, 7) is 0. The Kier molecular flexibility index (Phi) is 8.89. The van der Waals surface area contributed by atoms with E-state index >= 15 is 8.78 Å². The van der Waals surface area contributed by atoms with E-state index in [2.05, 4.69) is 4.98 Å². The number of aromatic hydroxyl groups is 1. The van der Waals surface area contributed by atoms with Gasteiger partial charge in [-0.1, -0.05) is 29.3 Å². The van der Waals surface area contributed by atoms with E-state index < -0.39 is 116 Å². The van der Waals surface area contributed by atoms with Crippen LogP contribution in [0, 0.1) is 46.8 Å². The number of alkyl halides is 5. The summed E-state index contributed by atoms with van der Waals surface area (Å²) in [5.41, 5.74) is -3.42. The van der Waals surface area contributed by atoms with Crippen LogP contribution in [0.25, 0.3) is 0 Å². The maximum atomic E-state index is 15.3. The zero-order valence-corrected chi connectivity index (χ0v) is 29.9. The fraction of sp³-hybridized carbons (Fsp3) is 0.324. The molecule has 55 heavy (non-hydrogen) atoms. The number of carbonyl (C=O) groups excluding carboxylic acids is 4. The molecule has 4 amide bonds. The number of ether oxygens (including phenoxy) is 1. The molecule has 4 aliphatic rings. The van der Waals surface area contributed by atoms with Crippen LogP contribution in [0.4, 0.5) is 46.6 Å². The van der Waals surface area contributed by atoms with Gasteiger partial charge in [0, 0.05) is 24.6 Å². The van der Waals surface area contributed by atoms with Crippen LogP contribution < -0.4 is 14.6 Å². The van der Waals surface area contributed by atoms with Crippen LogP contribution in [0.5, 0.6) is 11.5 Å². The molecule has 1 saturated carbocycles. The minimum atomic E-state index is -4.95. The third kappa shape index (κ3) is 5.16. The number of hydrogen-bond acceptors (Lipinski definition) is 8. The number of hydrazine groups is 1. The summed E-state index contributed by atoms with van der Waals surface area (Å²) in [7, 11) is 2.19. The van der Waals surface area contributed by atoms with Crippen molar-refractivity contribution in [2.24, 2.45) is 17.8 Å². The second kappa shape index (κ2) is 12.7. The van der Waals surface area contributed by atoms with Crippen LogP contribution in [-0.4, -0.2) is 62.6 Å². The van der Waals surface area contributed by atoms with Gasteiger partial charge in [-0.3, -0.25) is 24.2 Å². The number of phenolic OH excluding ortho intramolecular Hbond substituents is 1. The quantitative estimate of drug-likeness (QED) is 0.0747. The van der Waals surface area contributed by atoms with Crippen molar-refractivity contribution in [2.45, 2.75) is 34.7 Å². The molecule has 10 nitrogen and oxygen atoms in total. The molecule has 6 atom stereocenters. The fourth-order valence-corrected chi connectivity index (χ4v) is 9.19. The molecule has 0 radical (unpaired) electrons. The van der Waals surface area contributed by atoms with Gasteiger partial charge in [0.15, 0.2) is 38.8 Å². The van der Waals surface area contributed by atoms with Crippen LogP contribution in [0.15, 0.2) is 42.0 Å². The lowest BCUT2D eigenvalue weighted by atomic mass is 9.56. The predicted octanol–water partition coefficient (Wildman–Crippen LogP) is 6.78. The molecule has 6 unspecified atom stereocenters. The normalized spacial score (nSPS) is 27.6. The first-order valence-corrected chi connectivity index (χ1v) is 17.0. The van der Waals surface area contributed by atoms with E-state index in [1.165, 1.54) is 12.1 Å². The number of halogens is 11. The molecular formula is C34H21Cl3F8N4O6. The molecule has 290 valence electrons. The maximum absolute atomic E-state index is 15.3. The largest absolute Gasteiger partial charge is 0.508 e. The van der Waals surface area contributed by atoms with Crippen LogP contribution in [0.3, 0.4) is 0 Å². The molecule has 2 saturated heterocycles. The minimum Gasteiger partial charge on any atom is -0.508 e. The van der Waals surface area contributed by atoms with Gasteiger partial charge in [-0.05, 0) is 37.0 Å². The number of anilines is 2. The number of hydrogen-bond donors (Lipinski definition) is 1. The summed E-state index contributed by atoms with van der Waals surface area (Å²) in [5.74, 6) is -25.2. The number of aromatic nitrogens is 1. The minimum absolute atomic E-state index is 0.0535. The van der Waals surface area contributed by atoms with Crippen LogP contribution in [0.2, 0.25) is 5.02 Å². The number of benzene rings is 2. The van der Waals surface area contributed by atoms with Crippen molar-refractivity contribution < 1.29 is 64.1 Å². The van der Waals surface area contributed by atoms with Gasteiger partial charge in [-0.15, -0.1) is 23.2 Å². The number of allylic oxidation sites excluding steroid dienone is 2. The van der Waals surface area contributed by atoms with Crippen molar-refractivity contribution in [3.05, 3.63) is 87.3 Å². The molecule has 3 heterocycles. The number of phenols is 1. The highest BCUT2D eigenvalue weighted by molar-refractivity contribution is 6.58. The highest BCUT2D eigenvalue weighted by atomic mass is 35.5. The topological polar surface area (TPSA) is 120 Å². The van der Waals surface area contributed by atoms with Gasteiger partial charge < -0.3 is 9.84 Å². The molecule has 21 heteroatoms. The van der Waals surface area contributed by atoms with Crippen LogP contribution in [0.1, 0.15) is 30.0 Å². The second-order valence-corrected chi connectivity index (χ2v) is 14.8. The summed E-state index contributed by atoms with van der Waals surface area (Å²) in [4.78, 5) is 54.5. The standard InChI is InChI=1S/C34H21Cl3F8N4O6/c1-47(27-16(35)7-8-18(46-27)34(43,44)45)49-28(51)14-6-5-12-15(19(14)29(49)52)10-32(36)30(53)48(26-24(41)22(39)21(38)23(40)25(26)42)31(54)33(32,37)20(12)13-4-3-11(50)9-17(13)55-2/h3-5,7-9,14-15,19-20,50H,6,10H2,1-2H3. The van der Waals surface area contributed by atoms with Gasteiger partial charge in [0.2, 0.25) is 5.82 Å². The molecule has 0 spiro atoms. The molecule has 7 rings (SSSR count). The summed E-state index contributed by atoms with van der Waals surface area (Å²) in [6, 6.07) is 4.80. The number of imide groups is 2. The molecule has 3 aromatic rings. The lowest BCUT2D eigenvalue weighted by Crippen LogP contribution is -2.60. The first-order chi connectivity index (χ1) is 25.6. The first-order valence-electron chi connectivity index (χ1n) is 15.8. The van der Waals surface area contributed by atoms with Gasteiger partial charge in [0.1, 0.15) is 22.9 Å². The van der Waals surface area contributed by atoms with Crippen LogP contribution >= 0.6 is 34.8 Å². The van der Waals surface area contributed by atoms with Crippen LogP contribution in [-0.2, 0) is 25.4 Å². The van der Waals surface area contributed by atoms with Gasteiger partial charge in [0.25, 0.3) is 23.6 Å². The molecular weight excluding hydrogens is 819 g/mol. The van der Waals surface area contributed by atoms with Crippen molar-refractivity contribution in [3.63, 3.8) is 0 Å². The van der Waals surface area contributed by atoms with E-state index in [0.29, 0.717) is 16.1 Å². The van der Waals surface area contributed by atoms with E-state index in [0.717, 1.165) is 32.4 Å². The highest BCUT2D eigenvalue weighted by Crippen LogP contribution is 2.67. The highest BCUT2D eigenvalue weighted by Gasteiger charge is 2.77. The van der Waals surface area contributed by atoms with E-state index in [-0.39, 0.29) is 39.0 Å². The monoisotopic (exact) mass is 838 g/mol. The molecule has 2 aliphatic heterocycles. The van der Waals surface area contributed by atoms with Crippen molar-refractivity contribution in [1.29, 1.82) is 0 Å². The average Bonchev–Trinajstić information content (AvgIpc) is 3.47. The molecule has 1 aromatic heterocycles. The zero-order valence-electron chi connectivity index (χ0n) is 27.6. The Morgan fingerprint density at radius 1 is 0.909 bits per heavy atom. The molecule has 0 bridgehead atoms. The number of nitrogens with zero attached hydrogens (tertiary/aromatic N) is 4. The first kappa shape index (κ1) is 38.6. The third-order valence-corrected chi connectivity index (χ3v) is 12.2. The molecule has 1 N–H and O–H groups in total. The predicted molar refractivity (Wildman–Crippen MR) is 176 cm³/mol. The Bertz CT molecular complexity index is 2270. The van der Waals surface area contributed by atoms with Crippen molar-refractivity contribution in [1.82, 2.24) is 9.99 Å². The Hall–Kier alpha value is -4.68. The molecule has 2 aliphatic carbocycles. The number of rotatable bonds is 5. The lowest BCUT2D eigenvalue weighted by Gasteiger charge is -2.50. The molecule has 3 fully saturated rings. The summed E-state index contributed by atoms with van der Waals surface area (Å²) in [5, 5.41) is 11.1. The summed E-state index contributed by atoms with van der Waals surface area (Å²) >= 11 is 20.3. The average molecular weight is 840 g/mol. The smallest absolute Gasteiger partial charge is 0.433 e. The Morgan fingerprint density at radius 2 is 1.53 bits per heavy atom. The number of pyridine rings is 1. The summed E-state index contributed by atoms with van der Waals surface area (Å²) in [6.07, 6.45) is -4.68. The van der Waals surface area contributed by atoms with Gasteiger partial charge >= 0.3 is 6.18 Å².